The summed E-state index contributed by atoms with van der Waals surface area (Å²) in [5, 5.41) is 19.4. The van der Waals surface area contributed by atoms with Gasteiger partial charge >= 0.3 is 5.97 Å². The van der Waals surface area contributed by atoms with Crippen molar-refractivity contribution in [2.75, 3.05) is 0 Å². The second kappa shape index (κ2) is 5.09. The van der Waals surface area contributed by atoms with Crippen LogP contribution in [0, 0.1) is 17.6 Å². The second-order valence-corrected chi connectivity index (χ2v) is 4.03. The Morgan fingerprint density at radius 3 is 2.89 bits per heavy atom. The van der Waals surface area contributed by atoms with Crippen LogP contribution in [0.1, 0.15) is 6.92 Å². The summed E-state index contributed by atoms with van der Waals surface area (Å²) in [6.07, 6.45) is 0. The second-order valence-electron chi connectivity index (χ2n) is 4.03. The topological polar surface area (TPSA) is 80.9 Å². The van der Waals surface area contributed by atoms with E-state index in [-0.39, 0.29) is 17.9 Å². The van der Waals surface area contributed by atoms with Gasteiger partial charge in [0.2, 0.25) is 0 Å². The van der Waals surface area contributed by atoms with Crippen LogP contribution in [0.15, 0.2) is 18.2 Å². The molecule has 0 amide bonds. The minimum absolute atomic E-state index is 0.00917. The number of rotatable bonds is 4. The van der Waals surface area contributed by atoms with Gasteiger partial charge in [-0.1, -0.05) is 13.0 Å². The Morgan fingerprint density at radius 1 is 1.47 bits per heavy atom. The monoisotopic (exact) mass is 268 g/mol. The van der Waals surface area contributed by atoms with Crippen LogP contribution in [-0.2, 0) is 11.3 Å². The quantitative estimate of drug-likeness (QED) is 0.904. The molecular formula is C11H10F2N4O2. The van der Waals surface area contributed by atoms with Crippen LogP contribution in [0.5, 0.6) is 0 Å². The van der Waals surface area contributed by atoms with E-state index in [0.29, 0.717) is 0 Å². The van der Waals surface area contributed by atoms with Gasteiger partial charge in [0.1, 0.15) is 0 Å². The van der Waals surface area contributed by atoms with Gasteiger partial charge in [0.15, 0.2) is 17.5 Å². The molecule has 0 saturated heterocycles. The zero-order valence-electron chi connectivity index (χ0n) is 9.92. The van der Waals surface area contributed by atoms with Crippen molar-refractivity contribution in [3.05, 3.63) is 29.8 Å². The van der Waals surface area contributed by atoms with E-state index in [4.69, 9.17) is 5.11 Å². The zero-order chi connectivity index (χ0) is 14.0. The third-order valence-corrected chi connectivity index (χ3v) is 2.59. The summed E-state index contributed by atoms with van der Waals surface area (Å²) in [5.74, 6) is -3.87. The summed E-state index contributed by atoms with van der Waals surface area (Å²) in [6, 6.07) is 3.63. The summed E-state index contributed by atoms with van der Waals surface area (Å²) >= 11 is 0. The molecular weight excluding hydrogens is 258 g/mol. The Bertz CT molecular complexity index is 614. The summed E-state index contributed by atoms with van der Waals surface area (Å²) < 4.78 is 27.9. The normalized spacial score (nSPS) is 12.4. The van der Waals surface area contributed by atoms with Crippen LogP contribution in [0.3, 0.4) is 0 Å². The summed E-state index contributed by atoms with van der Waals surface area (Å²) in [6.45, 7) is 1.43. The lowest BCUT2D eigenvalue weighted by molar-refractivity contribution is -0.141. The number of hydrogen-bond donors (Lipinski definition) is 1. The van der Waals surface area contributed by atoms with E-state index in [2.05, 4.69) is 15.5 Å². The van der Waals surface area contributed by atoms with Gasteiger partial charge < -0.3 is 5.11 Å². The van der Waals surface area contributed by atoms with Crippen molar-refractivity contribution >= 4 is 5.97 Å². The lowest BCUT2D eigenvalue weighted by Gasteiger charge is -2.08. The molecule has 2 aromatic rings. The Labute approximate surface area is 106 Å². The maximum Gasteiger partial charge on any atom is 0.308 e. The Morgan fingerprint density at radius 2 is 2.21 bits per heavy atom. The van der Waals surface area contributed by atoms with Gasteiger partial charge in [-0.2, -0.15) is 0 Å². The summed E-state index contributed by atoms with van der Waals surface area (Å²) in [7, 11) is 0. The molecule has 0 aliphatic heterocycles. The van der Waals surface area contributed by atoms with E-state index in [1.807, 2.05) is 0 Å². The Hall–Kier alpha value is -2.38. The minimum Gasteiger partial charge on any atom is -0.481 e. The fraction of sp³-hybridized carbons (Fsp3) is 0.273. The molecule has 1 atom stereocenters. The molecule has 0 aliphatic carbocycles. The first-order valence-corrected chi connectivity index (χ1v) is 5.44. The number of carbonyl (C=O) groups is 1. The van der Waals surface area contributed by atoms with E-state index in [1.165, 1.54) is 19.1 Å². The molecule has 8 heteroatoms. The van der Waals surface area contributed by atoms with Gasteiger partial charge in [-0.15, -0.1) is 5.10 Å². The molecule has 1 aromatic carbocycles. The van der Waals surface area contributed by atoms with Gasteiger partial charge in [0.05, 0.1) is 18.0 Å². The van der Waals surface area contributed by atoms with Crippen LogP contribution >= 0.6 is 0 Å². The molecule has 0 bridgehead atoms. The third kappa shape index (κ3) is 2.56. The van der Waals surface area contributed by atoms with Gasteiger partial charge in [-0.3, -0.25) is 4.79 Å². The first-order chi connectivity index (χ1) is 9.00. The first-order valence-electron chi connectivity index (χ1n) is 5.44. The molecule has 0 saturated carbocycles. The number of aliphatic carboxylic acids is 1. The molecule has 100 valence electrons. The minimum atomic E-state index is -1.07. The van der Waals surface area contributed by atoms with E-state index in [9.17, 15) is 13.6 Å². The number of nitrogens with zero attached hydrogens (tertiary/aromatic N) is 4. The SMILES string of the molecule is CC(Cn1nnnc1-c1cccc(F)c1F)C(=O)O. The lowest BCUT2D eigenvalue weighted by atomic mass is 10.1. The molecule has 19 heavy (non-hydrogen) atoms. The van der Waals surface area contributed by atoms with Crippen LogP contribution in [-0.4, -0.2) is 31.3 Å². The third-order valence-electron chi connectivity index (χ3n) is 2.59. The molecule has 0 aliphatic rings. The van der Waals surface area contributed by atoms with Crippen molar-refractivity contribution in [3.63, 3.8) is 0 Å². The maximum atomic E-state index is 13.6. The van der Waals surface area contributed by atoms with Crippen molar-refractivity contribution in [1.82, 2.24) is 20.2 Å². The Balaban J connectivity index is 2.39. The summed E-state index contributed by atoms with van der Waals surface area (Å²) in [4.78, 5) is 10.8. The van der Waals surface area contributed by atoms with E-state index >= 15 is 0 Å². The first kappa shape index (κ1) is 13.1. The molecule has 1 N–H and O–H groups in total. The standard InChI is InChI=1S/C11H10F2N4O2/c1-6(11(18)19)5-17-10(14-15-16-17)7-3-2-4-8(12)9(7)13/h2-4,6H,5H2,1H3,(H,18,19). The highest BCUT2D eigenvalue weighted by molar-refractivity contribution is 5.69. The number of carboxylic acids is 1. The van der Waals surface area contributed by atoms with Crippen molar-refractivity contribution in [1.29, 1.82) is 0 Å². The number of aromatic nitrogens is 4. The van der Waals surface area contributed by atoms with Crippen molar-refractivity contribution in [3.8, 4) is 11.4 Å². The van der Waals surface area contributed by atoms with Crippen LogP contribution in [0.2, 0.25) is 0 Å². The van der Waals surface area contributed by atoms with Gasteiger partial charge in [-0.25, -0.2) is 13.5 Å². The number of hydrogen-bond acceptors (Lipinski definition) is 4. The van der Waals surface area contributed by atoms with Crippen LogP contribution in [0.4, 0.5) is 8.78 Å². The Kier molecular flexibility index (Phi) is 3.50. The fourth-order valence-corrected chi connectivity index (χ4v) is 1.53. The zero-order valence-corrected chi connectivity index (χ0v) is 9.92. The van der Waals surface area contributed by atoms with E-state index < -0.39 is 23.5 Å². The fourth-order valence-electron chi connectivity index (χ4n) is 1.53. The van der Waals surface area contributed by atoms with Crippen LogP contribution < -0.4 is 0 Å². The van der Waals surface area contributed by atoms with Crippen molar-refractivity contribution in [2.45, 2.75) is 13.5 Å². The van der Waals surface area contributed by atoms with E-state index in [0.717, 1.165) is 10.7 Å². The molecule has 0 spiro atoms. The van der Waals surface area contributed by atoms with Crippen molar-refractivity contribution in [2.24, 2.45) is 5.92 Å². The van der Waals surface area contributed by atoms with Gasteiger partial charge in [0, 0.05) is 0 Å². The molecule has 2 rings (SSSR count). The van der Waals surface area contributed by atoms with E-state index in [1.54, 1.807) is 0 Å². The molecule has 1 unspecified atom stereocenters. The van der Waals surface area contributed by atoms with Crippen molar-refractivity contribution < 1.29 is 18.7 Å². The highest BCUT2D eigenvalue weighted by Crippen LogP contribution is 2.22. The maximum absolute atomic E-state index is 13.6. The molecule has 0 fully saturated rings. The largest absolute Gasteiger partial charge is 0.481 e. The highest BCUT2D eigenvalue weighted by Gasteiger charge is 2.19. The molecule has 1 aromatic heterocycles. The van der Waals surface area contributed by atoms with Crippen LogP contribution in [0.25, 0.3) is 11.4 Å². The number of tetrazole rings is 1. The predicted octanol–water partition coefficient (Wildman–Crippen LogP) is 1.34. The molecule has 0 radical (unpaired) electrons. The smallest absolute Gasteiger partial charge is 0.308 e. The number of halogens is 2. The lowest BCUT2D eigenvalue weighted by Crippen LogP contribution is -2.18. The highest BCUT2D eigenvalue weighted by atomic mass is 19.2. The molecule has 1 heterocycles. The number of benzene rings is 1. The predicted molar refractivity (Wildman–Crippen MR) is 60.0 cm³/mol. The number of carboxylic acid groups (broad SMARTS) is 1. The van der Waals surface area contributed by atoms with Gasteiger partial charge in [-0.05, 0) is 22.6 Å². The average molecular weight is 268 g/mol. The average Bonchev–Trinajstić information content (AvgIpc) is 2.80. The summed E-state index contributed by atoms with van der Waals surface area (Å²) in [5.41, 5.74) is -0.109. The van der Waals surface area contributed by atoms with Gasteiger partial charge in [0.25, 0.3) is 0 Å². The molecule has 6 nitrogen and oxygen atoms in total.